The van der Waals surface area contributed by atoms with Gasteiger partial charge in [0.05, 0.1) is 12.7 Å². The number of nitrogens with one attached hydrogen (secondary N) is 2. The molecule has 1 aromatic rings. The molecule has 2 rings (SSSR count). The molecule has 1 aliphatic rings. The van der Waals surface area contributed by atoms with Gasteiger partial charge in [0.2, 0.25) is 0 Å². The van der Waals surface area contributed by atoms with E-state index in [2.05, 4.69) is 39.0 Å². The molecule has 0 radical (unpaired) electrons. The van der Waals surface area contributed by atoms with Crippen LogP contribution in [0.1, 0.15) is 24.2 Å². The number of benzene rings is 1. The van der Waals surface area contributed by atoms with Gasteiger partial charge < -0.3 is 20.3 Å². The Bertz CT molecular complexity index is 568. The van der Waals surface area contributed by atoms with Crippen LogP contribution in [0.2, 0.25) is 0 Å². The number of carbonyl (C=O) groups excluding carboxylic acids is 2. The Morgan fingerprint density at radius 2 is 1.80 bits per heavy atom. The topological polar surface area (TPSA) is 73.9 Å². The number of hydrogen-bond acceptors (Lipinski definition) is 5. The highest BCUT2D eigenvalue weighted by molar-refractivity contribution is 5.92. The highest BCUT2D eigenvalue weighted by Crippen LogP contribution is 2.10. The number of nitrogens with zero attached hydrogens (tertiary/aromatic N) is 2. The summed E-state index contributed by atoms with van der Waals surface area (Å²) in [6.07, 6.45) is 0. The molecule has 0 saturated carbocycles. The van der Waals surface area contributed by atoms with E-state index in [4.69, 9.17) is 0 Å². The number of anilines is 1. The van der Waals surface area contributed by atoms with Crippen LogP contribution < -0.4 is 10.6 Å². The molecule has 1 atom stereocenters. The Morgan fingerprint density at radius 3 is 2.36 bits per heavy atom. The van der Waals surface area contributed by atoms with Gasteiger partial charge in [0.1, 0.15) is 0 Å². The first kappa shape index (κ1) is 19.2. The van der Waals surface area contributed by atoms with Crippen molar-refractivity contribution in [3.8, 4) is 0 Å². The number of ether oxygens (including phenoxy) is 1. The van der Waals surface area contributed by atoms with E-state index in [1.165, 1.54) is 7.11 Å². The first-order valence-corrected chi connectivity index (χ1v) is 8.73. The van der Waals surface area contributed by atoms with Crippen LogP contribution in [0.3, 0.4) is 0 Å². The summed E-state index contributed by atoms with van der Waals surface area (Å²) in [4.78, 5) is 28.2. The van der Waals surface area contributed by atoms with Gasteiger partial charge in [0.25, 0.3) is 0 Å². The van der Waals surface area contributed by atoms with E-state index in [-0.39, 0.29) is 6.03 Å². The molecule has 1 heterocycles. The van der Waals surface area contributed by atoms with E-state index in [9.17, 15) is 9.59 Å². The van der Waals surface area contributed by atoms with Crippen molar-refractivity contribution in [2.24, 2.45) is 0 Å². The maximum Gasteiger partial charge on any atom is 0.337 e. The third-order valence-electron chi connectivity index (χ3n) is 4.60. The quantitative estimate of drug-likeness (QED) is 0.764. The second-order valence-corrected chi connectivity index (χ2v) is 6.22. The SMILES string of the molecule is CCN1CCN(C(C)CNC(=O)Nc2ccc(C(=O)OC)cc2)CC1. The highest BCUT2D eigenvalue weighted by atomic mass is 16.5. The Morgan fingerprint density at radius 1 is 1.16 bits per heavy atom. The van der Waals surface area contributed by atoms with Gasteiger partial charge in [-0.3, -0.25) is 4.90 Å². The summed E-state index contributed by atoms with van der Waals surface area (Å²) in [6.45, 7) is 10.2. The van der Waals surface area contributed by atoms with Crippen LogP contribution in [0.25, 0.3) is 0 Å². The Hall–Kier alpha value is -2.12. The van der Waals surface area contributed by atoms with Gasteiger partial charge in [0.15, 0.2) is 0 Å². The third kappa shape index (κ3) is 5.72. The van der Waals surface area contributed by atoms with E-state index in [1.54, 1.807) is 24.3 Å². The Labute approximate surface area is 149 Å². The molecule has 0 aromatic heterocycles. The van der Waals surface area contributed by atoms with Crippen LogP contribution in [0.15, 0.2) is 24.3 Å². The Kier molecular flexibility index (Phi) is 7.21. The van der Waals surface area contributed by atoms with Crippen molar-refractivity contribution in [1.29, 1.82) is 0 Å². The summed E-state index contributed by atoms with van der Waals surface area (Å²) >= 11 is 0. The summed E-state index contributed by atoms with van der Waals surface area (Å²) in [6, 6.07) is 6.66. The maximum absolute atomic E-state index is 12.0. The zero-order valence-corrected chi connectivity index (χ0v) is 15.2. The average molecular weight is 348 g/mol. The summed E-state index contributed by atoms with van der Waals surface area (Å²) in [5, 5.41) is 5.68. The fourth-order valence-electron chi connectivity index (χ4n) is 2.87. The molecule has 2 amide bonds. The number of esters is 1. The van der Waals surface area contributed by atoms with Crippen molar-refractivity contribution >= 4 is 17.7 Å². The molecular weight excluding hydrogens is 320 g/mol. The van der Waals surface area contributed by atoms with Gasteiger partial charge in [-0.05, 0) is 37.7 Å². The van der Waals surface area contributed by atoms with Gasteiger partial charge in [-0.2, -0.15) is 0 Å². The number of urea groups is 1. The predicted octanol–water partition coefficient (Wildman–Crippen LogP) is 1.62. The van der Waals surface area contributed by atoms with Gasteiger partial charge in [-0.1, -0.05) is 6.92 Å². The van der Waals surface area contributed by atoms with Gasteiger partial charge >= 0.3 is 12.0 Å². The molecule has 1 aromatic carbocycles. The van der Waals surface area contributed by atoms with E-state index in [1.807, 2.05) is 0 Å². The lowest BCUT2D eigenvalue weighted by Gasteiger charge is -2.37. The smallest absolute Gasteiger partial charge is 0.337 e. The van der Waals surface area contributed by atoms with Crippen molar-refractivity contribution < 1.29 is 14.3 Å². The lowest BCUT2D eigenvalue weighted by Crippen LogP contribution is -2.52. The highest BCUT2D eigenvalue weighted by Gasteiger charge is 2.20. The molecule has 0 aliphatic carbocycles. The van der Waals surface area contributed by atoms with Crippen molar-refractivity contribution in [2.75, 3.05) is 51.7 Å². The minimum Gasteiger partial charge on any atom is -0.465 e. The second-order valence-electron chi connectivity index (χ2n) is 6.22. The van der Waals surface area contributed by atoms with Crippen molar-refractivity contribution in [2.45, 2.75) is 19.9 Å². The van der Waals surface area contributed by atoms with E-state index >= 15 is 0 Å². The molecule has 138 valence electrons. The number of likely N-dealkylation sites (N-methyl/N-ethyl adjacent to an activating group) is 1. The minimum absolute atomic E-state index is 0.245. The monoisotopic (exact) mass is 348 g/mol. The molecule has 7 nitrogen and oxygen atoms in total. The number of rotatable bonds is 6. The first-order chi connectivity index (χ1) is 12.0. The van der Waals surface area contributed by atoms with Crippen LogP contribution in [0.4, 0.5) is 10.5 Å². The summed E-state index contributed by atoms with van der Waals surface area (Å²) in [5.74, 6) is -0.395. The van der Waals surface area contributed by atoms with Crippen molar-refractivity contribution in [1.82, 2.24) is 15.1 Å². The third-order valence-corrected chi connectivity index (χ3v) is 4.60. The molecule has 7 heteroatoms. The van der Waals surface area contributed by atoms with Crippen LogP contribution in [0, 0.1) is 0 Å². The standard InChI is InChI=1S/C18H28N4O3/c1-4-21-9-11-22(12-10-21)14(2)13-19-18(24)20-16-7-5-15(6-8-16)17(23)25-3/h5-8,14H,4,9-13H2,1-3H3,(H2,19,20,24). The summed E-state index contributed by atoms with van der Waals surface area (Å²) in [5.41, 5.74) is 1.09. The van der Waals surface area contributed by atoms with Crippen molar-refractivity contribution in [3.63, 3.8) is 0 Å². The zero-order chi connectivity index (χ0) is 18.2. The average Bonchev–Trinajstić information content (AvgIpc) is 2.66. The van der Waals surface area contributed by atoms with Crippen LogP contribution >= 0.6 is 0 Å². The largest absolute Gasteiger partial charge is 0.465 e. The minimum atomic E-state index is -0.395. The predicted molar refractivity (Wildman–Crippen MR) is 98.0 cm³/mol. The van der Waals surface area contributed by atoms with Gasteiger partial charge in [0, 0.05) is 44.5 Å². The molecule has 1 saturated heterocycles. The lowest BCUT2D eigenvalue weighted by molar-refractivity contribution is 0.0600. The van der Waals surface area contributed by atoms with Gasteiger partial charge in [-0.15, -0.1) is 0 Å². The molecule has 0 spiro atoms. The number of amides is 2. The van der Waals surface area contributed by atoms with Gasteiger partial charge in [-0.25, -0.2) is 9.59 Å². The molecular formula is C18H28N4O3. The summed E-state index contributed by atoms with van der Waals surface area (Å²) in [7, 11) is 1.34. The number of hydrogen-bond donors (Lipinski definition) is 2. The van der Waals surface area contributed by atoms with Crippen molar-refractivity contribution in [3.05, 3.63) is 29.8 Å². The molecule has 25 heavy (non-hydrogen) atoms. The summed E-state index contributed by atoms with van der Waals surface area (Å²) < 4.78 is 4.65. The fraction of sp³-hybridized carbons (Fsp3) is 0.556. The molecule has 1 aliphatic heterocycles. The Balaban J connectivity index is 1.74. The maximum atomic E-state index is 12.0. The van der Waals surface area contributed by atoms with Crippen LogP contribution in [-0.4, -0.2) is 74.2 Å². The normalized spacial score (nSPS) is 16.9. The molecule has 1 unspecified atom stereocenters. The number of carbonyl (C=O) groups is 2. The second kappa shape index (κ2) is 9.39. The fourth-order valence-corrected chi connectivity index (χ4v) is 2.87. The lowest BCUT2D eigenvalue weighted by atomic mass is 10.2. The van der Waals surface area contributed by atoms with Crippen LogP contribution in [-0.2, 0) is 4.74 Å². The molecule has 2 N–H and O–H groups in total. The molecule has 1 fully saturated rings. The van der Waals surface area contributed by atoms with E-state index < -0.39 is 5.97 Å². The molecule has 0 bridgehead atoms. The van der Waals surface area contributed by atoms with E-state index in [0.29, 0.717) is 23.8 Å². The first-order valence-electron chi connectivity index (χ1n) is 8.73. The number of methoxy groups -OCH3 is 1. The number of piperazine rings is 1. The van der Waals surface area contributed by atoms with Crippen LogP contribution in [0.5, 0.6) is 0 Å². The van der Waals surface area contributed by atoms with E-state index in [0.717, 1.165) is 32.7 Å². The zero-order valence-electron chi connectivity index (χ0n) is 15.2.